The number of benzene rings is 1. The molecule has 0 aromatic heterocycles. The van der Waals surface area contributed by atoms with Crippen LogP contribution in [-0.2, 0) is 16.6 Å². The molecule has 0 amide bonds. The highest BCUT2D eigenvalue weighted by Crippen LogP contribution is 2.27. The van der Waals surface area contributed by atoms with Crippen LogP contribution in [0.2, 0.25) is 5.02 Å². The molecule has 1 aromatic rings. The van der Waals surface area contributed by atoms with Gasteiger partial charge in [-0.1, -0.05) is 23.7 Å². The minimum atomic E-state index is -3.62. The quantitative estimate of drug-likeness (QED) is 0.816. The maximum Gasteiger partial charge on any atom is 0.243 e. The Bertz CT molecular complexity index is 607. The smallest absolute Gasteiger partial charge is 0.243 e. The number of rotatable bonds is 6. The molecule has 0 unspecified atom stereocenters. The Hall–Kier alpha value is -0.880. The lowest BCUT2D eigenvalue weighted by Crippen LogP contribution is -2.45. The Morgan fingerprint density at radius 1 is 1.38 bits per heavy atom. The lowest BCUT2D eigenvalue weighted by atomic mass is 10.1. The summed E-state index contributed by atoms with van der Waals surface area (Å²) in [5, 5.41) is 3.44. The summed E-state index contributed by atoms with van der Waals surface area (Å²) in [5.41, 5.74) is 0.326. The van der Waals surface area contributed by atoms with Gasteiger partial charge in [0.05, 0.1) is 4.90 Å². The van der Waals surface area contributed by atoms with Gasteiger partial charge >= 0.3 is 0 Å². The van der Waals surface area contributed by atoms with E-state index < -0.39 is 15.6 Å². The van der Waals surface area contributed by atoms with Gasteiger partial charge in [-0.05, 0) is 45.5 Å². The van der Waals surface area contributed by atoms with Crippen LogP contribution < -0.4 is 5.32 Å². The molecule has 0 bridgehead atoms. The molecule has 0 aliphatic heterocycles. The van der Waals surface area contributed by atoms with Crippen molar-refractivity contribution < 1.29 is 8.42 Å². The van der Waals surface area contributed by atoms with Gasteiger partial charge in [-0.2, -0.15) is 4.31 Å². The topological polar surface area (TPSA) is 49.4 Å². The van der Waals surface area contributed by atoms with Gasteiger partial charge in [0.1, 0.15) is 0 Å². The molecule has 0 spiro atoms. The van der Waals surface area contributed by atoms with Crippen molar-refractivity contribution in [3.8, 4) is 0 Å². The van der Waals surface area contributed by atoms with E-state index in [-0.39, 0.29) is 11.4 Å². The SMILES string of the molecule is C=CCN(C(C)(C)C)S(=O)(=O)c1ccc(CNC)c(Cl)c1. The van der Waals surface area contributed by atoms with E-state index in [0.717, 1.165) is 5.56 Å². The predicted molar refractivity (Wildman–Crippen MR) is 88.1 cm³/mol. The normalized spacial score (nSPS) is 12.7. The van der Waals surface area contributed by atoms with E-state index in [2.05, 4.69) is 11.9 Å². The van der Waals surface area contributed by atoms with E-state index >= 15 is 0 Å². The number of sulfonamides is 1. The molecule has 0 saturated heterocycles. The van der Waals surface area contributed by atoms with E-state index in [1.807, 2.05) is 27.8 Å². The molecule has 0 atom stereocenters. The fourth-order valence-corrected chi connectivity index (χ4v) is 4.10. The molecule has 0 fully saturated rings. The molecule has 21 heavy (non-hydrogen) atoms. The molecule has 118 valence electrons. The fraction of sp³-hybridized carbons (Fsp3) is 0.467. The molecule has 4 nitrogen and oxygen atoms in total. The molecule has 0 aliphatic rings. The van der Waals surface area contributed by atoms with Crippen LogP contribution in [0.4, 0.5) is 0 Å². The third-order valence-electron chi connectivity index (χ3n) is 3.02. The Morgan fingerprint density at radius 2 is 2.00 bits per heavy atom. The monoisotopic (exact) mass is 330 g/mol. The van der Waals surface area contributed by atoms with E-state index in [1.165, 1.54) is 10.4 Å². The summed E-state index contributed by atoms with van der Waals surface area (Å²) in [6.45, 7) is 10.0. The van der Waals surface area contributed by atoms with Crippen LogP contribution in [0, 0.1) is 0 Å². The largest absolute Gasteiger partial charge is 0.316 e. The second kappa shape index (κ2) is 6.92. The van der Waals surface area contributed by atoms with Crippen molar-refractivity contribution in [2.45, 2.75) is 37.8 Å². The van der Waals surface area contributed by atoms with E-state index in [4.69, 9.17) is 11.6 Å². The van der Waals surface area contributed by atoms with Crippen LogP contribution in [-0.4, -0.2) is 31.9 Å². The van der Waals surface area contributed by atoms with Gasteiger partial charge in [-0.15, -0.1) is 6.58 Å². The molecular formula is C15H23ClN2O2S. The number of halogens is 1. The van der Waals surface area contributed by atoms with Gasteiger partial charge in [-0.3, -0.25) is 0 Å². The lowest BCUT2D eigenvalue weighted by Gasteiger charge is -2.33. The van der Waals surface area contributed by atoms with Crippen molar-refractivity contribution in [1.82, 2.24) is 9.62 Å². The third-order valence-corrected chi connectivity index (χ3v) is 5.50. The first-order valence-electron chi connectivity index (χ1n) is 6.71. The number of nitrogens with zero attached hydrogens (tertiary/aromatic N) is 1. The summed E-state index contributed by atoms with van der Waals surface area (Å²) < 4.78 is 27.0. The molecule has 1 rings (SSSR count). The maximum absolute atomic E-state index is 12.8. The molecule has 1 aromatic carbocycles. The molecular weight excluding hydrogens is 308 g/mol. The Labute approximate surface area is 132 Å². The maximum atomic E-state index is 12.8. The van der Waals surface area contributed by atoms with Gasteiger partial charge in [0.15, 0.2) is 0 Å². The first kappa shape index (κ1) is 18.2. The standard InChI is InChI=1S/C15H23ClN2O2S/c1-6-9-18(15(2,3)4)21(19,20)13-8-7-12(11-17-5)14(16)10-13/h6-8,10,17H,1,9,11H2,2-5H3. The average Bonchev–Trinajstić information content (AvgIpc) is 2.37. The van der Waals surface area contributed by atoms with Crippen molar-refractivity contribution in [3.63, 3.8) is 0 Å². The van der Waals surface area contributed by atoms with Crippen molar-refractivity contribution in [1.29, 1.82) is 0 Å². The zero-order valence-corrected chi connectivity index (χ0v) is 14.6. The number of hydrogen-bond acceptors (Lipinski definition) is 3. The van der Waals surface area contributed by atoms with E-state index in [9.17, 15) is 8.42 Å². The average molecular weight is 331 g/mol. The molecule has 0 heterocycles. The Kier molecular flexibility index (Phi) is 5.99. The lowest BCUT2D eigenvalue weighted by molar-refractivity contribution is 0.270. The fourth-order valence-electron chi connectivity index (χ4n) is 2.00. The molecule has 6 heteroatoms. The van der Waals surface area contributed by atoms with Crippen LogP contribution in [0.25, 0.3) is 0 Å². The summed E-state index contributed by atoms with van der Waals surface area (Å²) in [6, 6.07) is 4.83. The highest BCUT2D eigenvalue weighted by molar-refractivity contribution is 7.89. The van der Waals surface area contributed by atoms with Gasteiger partial charge in [0.2, 0.25) is 10.0 Å². The highest BCUT2D eigenvalue weighted by Gasteiger charge is 2.33. The van der Waals surface area contributed by atoms with Crippen molar-refractivity contribution in [2.24, 2.45) is 0 Å². The summed E-state index contributed by atoms with van der Waals surface area (Å²) in [4.78, 5) is 0.198. The summed E-state index contributed by atoms with van der Waals surface area (Å²) in [6.07, 6.45) is 1.58. The highest BCUT2D eigenvalue weighted by atomic mass is 35.5. The van der Waals surface area contributed by atoms with Crippen LogP contribution in [0.3, 0.4) is 0 Å². The second-order valence-corrected chi connectivity index (χ2v) is 8.05. The van der Waals surface area contributed by atoms with Crippen molar-refractivity contribution >= 4 is 21.6 Å². The summed E-state index contributed by atoms with van der Waals surface area (Å²) in [7, 11) is -1.81. The van der Waals surface area contributed by atoms with Crippen LogP contribution >= 0.6 is 11.6 Å². The minimum Gasteiger partial charge on any atom is -0.316 e. The first-order valence-corrected chi connectivity index (χ1v) is 8.53. The van der Waals surface area contributed by atoms with Gasteiger partial charge in [-0.25, -0.2) is 8.42 Å². The molecule has 0 aliphatic carbocycles. The van der Waals surface area contributed by atoms with Crippen LogP contribution in [0.1, 0.15) is 26.3 Å². The predicted octanol–water partition coefficient (Wildman–Crippen LogP) is 3.03. The van der Waals surface area contributed by atoms with Gasteiger partial charge in [0.25, 0.3) is 0 Å². The zero-order valence-electron chi connectivity index (χ0n) is 13.0. The zero-order chi connectivity index (χ0) is 16.3. The Balaban J connectivity index is 3.29. The van der Waals surface area contributed by atoms with E-state index in [1.54, 1.807) is 18.2 Å². The summed E-state index contributed by atoms with van der Waals surface area (Å²) >= 11 is 6.17. The number of hydrogen-bond donors (Lipinski definition) is 1. The molecule has 0 radical (unpaired) electrons. The van der Waals surface area contributed by atoms with Gasteiger partial charge < -0.3 is 5.32 Å². The van der Waals surface area contributed by atoms with Crippen LogP contribution in [0.5, 0.6) is 0 Å². The van der Waals surface area contributed by atoms with E-state index in [0.29, 0.717) is 11.6 Å². The minimum absolute atomic E-state index is 0.198. The summed E-state index contributed by atoms with van der Waals surface area (Å²) in [5.74, 6) is 0. The second-order valence-electron chi connectivity index (χ2n) is 5.78. The van der Waals surface area contributed by atoms with Crippen molar-refractivity contribution in [3.05, 3.63) is 41.4 Å². The van der Waals surface area contributed by atoms with Gasteiger partial charge in [0, 0.05) is 23.7 Å². The molecule has 1 N–H and O–H groups in total. The molecule has 0 saturated carbocycles. The van der Waals surface area contributed by atoms with Crippen molar-refractivity contribution in [2.75, 3.05) is 13.6 Å². The Morgan fingerprint density at radius 3 is 2.43 bits per heavy atom. The van der Waals surface area contributed by atoms with Crippen LogP contribution in [0.15, 0.2) is 35.7 Å². The third kappa shape index (κ3) is 4.30. The first-order chi connectivity index (χ1) is 9.64. The number of nitrogens with one attached hydrogen (secondary N) is 1.